The van der Waals surface area contributed by atoms with E-state index in [0.29, 0.717) is 17.9 Å². The molecule has 2 N–H and O–H groups in total. The first-order valence-electron chi connectivity index (χ1n) is 9.53. The number of quaternary nitrogens is 1. The summed E-state index contributed by atoms with van der Waals surface area (Å²) in [5.74, 6) is 0.337. The molecule has 1 heterocycles. The largest absolute Gasteiger partial charge is 0.352 e. The number of carbonyl (C=O) groups is 2. The number of carbonyl (C=O) groups excluding carboxylic acids is 2. The van der Waals surface area contributed by atoms with Crippen LogP contribution >= 0.6 is 11.8 Å². The molecule has 2 atom stereocenters. The molecule has 0 radical (unpaired) electrons. The van der Waals surface area contributed by atoms with E-state index in [1.807, 2.05) is 24.3 Å². The molecular weight excluding hydrogens is 346 g/mol. The molecule has 0 bridgehead atoms. The van der Waals surface area contributed by atoms with Crippen molar-refractivity contribution in [1.29, 1.82) is 0 Å². The van der Waals surface area contributed by atoms with Crippen LogP contribution in [0.2, 0.25) is 0 Å². The van der Waals surface area contributed by atoms with Crippen molar-refractivity contribution >= 4 is 23.6 Å². The van der Waals surface area contributed by atoms with Gasteiger partial charge in [-0.15, -0.1) is 11.8 Å². The predicted molar refractivity (Wildman–Crippen MR) is 107 cm³/mol. The van der Waals surface area contributed by atoms with Gasteiger partial charge >= 0.3 is 0 Å². The molecule has 1 aliphatic heterocycles. The Kier molecular flexibility index (Phi) is 8.45. The molecule has 144 valence electrons. The van der Waals surface area contributed by atoms with Crippen LogP contribution in [0, 0.1) is 0 Å². The van der Waals surface area contributed by atoms with Crippen LogP contribution < -0.4 is 10.2 Å². The van der Waals surface area contributed by atoms with Crippen LogP contribution in [0.5, 0.6) is 0 Å². The second-order valence-electron chi connectivity index (χ2n) is 7.24. The van der Waals surface area contributed by atoms with Gasteiger partial charge in [0.15, 0.2) is 0 Å². The molecule has 0 aromatic heterocycles. The van der Waals surface area contributed by atoms with Crippen LogP contribution in [0.1, 0.15) is 43.0 Å². The number of nitrogens with zero attached hydrogens (tertiary/aromatic N) is 1. The third kappa shape index (κ3) is 6.32. The van der Waals surface area contributed by atoms with E-state index in [4.69, 9.17) is 0 Å². The first-order valence-corrected chi connectivity index (χ1v) is 10.5. The van der Waals surface area contributed by atoms with Crippen LogP contribution in [0.25, 0.3) is 0 Å². The van der Waals surface area contributed by atoms with Gasteiger partial charge in [0.05, 0.1) is 30.4 Å². The summed E-state index contributed by atoms with van der Waals surface area (Å²) in [5.41, 5.74) is 0.655. The number of likely N-dealkylation sites (tertiary alicyclic amines) is 1. The van der Waals surface area contributed by atoms with Gasteiger partial charge < -0.3 is 15.1 Å². The zero-order chi connectivity index (χ0) is 18.9. The molecule has 0 spiro atoms. The van der Waals surface area contributed by atoms with Gasteiger partial charge in [-0.05, 0) is 38.3 Å². The quantitative estimate of drug-likeness (QED) is 0.532. The summed E-state index contributed by atoms with van der Waals surface area (Å²) in [6.45, 7) is 5.41. The molecule has 1 aliphatic rings. The van der Waals surface area contributed by atoms with Crippen molar-refractivity contribution in [3.05, 3.63) is 29.8 Å². The minimum Gasteiger partial charge on any atom is -0.352 e. The van der Waals surface area contributed by atoms with Gasteiger partial charge in [0.1, 0.15) is 0 Å². The van der Waals surface area contributed by atoms with E-state index < -0.39 is 0 Å². The van der Waals surface area contributed by atoms with E-state index in [1.165, 1.54) is 37.6 Å². The maximum atomic E-state index is 12.5. The Morgan fingerprint density at radius 3 is 2.77 bits per heavy atom. The van der Waals surface area contributed by atoms with Crippen molar-refractivity contribution < 1.29 is 14.5 Å². The summed E-state index contributed by atoms with van der Waals surface area (Å²) < 4.78 is 0. The Hall–Kier alpha value is -1.53. The molecule has 26 heavy (non-hydrogen) atoms. The van der Waals surface area contributed by atoms with Crippen LogP contribution in [0.15, 0.2) is 29.2 Å². The average Bonchev–Trinajstić information content (AvgIpc) is 2.64. The molecule has 0 aliphatic carbocycles. The third-order valence-electron chi connectivity index (χ3n) is 5.02. The molecule has 2 amide bonds. The summed E-state index contributed by atoms with van der Waals surface area (Å²) >= 11 is 1.42. The zero-order valence-corrected chi connectivity index (χ0v) is 17.0. The maximum absolute atomic E-state index is 12.5. The fraction of sp³-hybridized carbons (Fsp3) is 0.600. The van der Waals surface area contributed by atoms with Crippen molar-refractivity contribution in [3.8, 4) is 0 Å². The van der Waals surface area contributed by atoms with Crippen molar-refractivity contribution in [2.24, 2.45) is 0 Å². The number of benzene rings is 1. The van der Waals surface area contributed by atoms with Crippen LogP contribution in [-0.2, 0) is 4.79 Å². The SMILES string of the molecule is C[C@H]1CCCC[NH+]1CCCNC(=O)c1ccccc1SCC(=O)N(C)C. The van der Waals surface area contributed by atoms with Gasteiger partial charge in [-0.3, -0.25) is 9.59 Å². The summed E-state index contributed by atoms with van der Waals surface area (Å²) in [7, 11) is 3.49. The van der Waals surface area contributed by atoms with Crippen molar-refractivity contribution in [1.82, 2.24) is 10.2 Å². The standard InChI is InChI=1S/C20H31N3O2S/c1-16-9-6-7-13-23(16)14-8-12-21-20(25)17-10-4-5-11-18(17)26-15-19(24)22(2)3/h4-5,10-11,16H,6-9,12-15H2,1-3H3,(H,21,25)/p+1/t16-/m0/s1. The number of thioether (sulfide) groups is 1. The van der Waals surface area contributed by atoms with Gasteiger partial charge in [0, 0.05) is 32.0 Å². The van der Waals surface area contributed by atoms with Crippen LogP contribution in [0.4, 0.5) is 0 Å². The highest BCUT2D eigenvalue weighted by atomic mass is 32.2. The molecule has 1 saturated heterocycles. The average molecular weight is 379 g/mol. The first kappa shape index (κ1) is 20.8. The monoisotopic (exact) mass is 378 g/mol. The van der Waals surface area contributed by atoms with E-state index in [1.54, 1.807) is 23.9 Å². The molecule has 2 rings (SSSR count). The second-order valence-corrected chi connectivity index (χ2v) is 8.25. The summed E-state index contributed by atoms with van der Waals surface area (Å²) in [6, 6.07) is 8.25. The Morgan fingerprint density at radius 1 is 1.27 bits per heavy atom. The topological polar surface area (TPSA) is 53.9 Å². The molecule has 1 aromatic rings. The molecular formula is C20H32N3O2S+. The van der Waals surface area contributed by atoms with Gasteiger partial charge in [-0.25, -0.2) is 0 Å². The highest BCUT2D eigenvalue weighted by Crippen LogP contribution is 2.22. The van der Waals surface area contributed by atoms with E-state index in [9.17, 15) is 9.59 Å². The predicted octanol–water partition coefficient (Wildman–Crippen LogP) is 1.44. The van der Waals surface area contributed by atoms with E-state index >= 15 is 0 Å². The van der Waals surface area contributed by atoms with Gasteiger partial charge in [0.25, 0.3) is 5.91 Å². The smallest absolute Gasteiger partial charge is 0.252 e. The zero-order valence-electron chi connectivity index (χ0n) is 16.2. The Balaban J connectivity index is 1.80. The molecule has 6 heteroatoms. The lowest BCUT2D eigenvalue weighted by Gasteiger charge is -2.30. The molecule has 1 fully saturated rings. The van der Waals surface area contributed by atoms with Gasteiger partial charge in [0.2, 0.25) is 5.91 Å². The normalized spacial score (nSPS) is 19.8. The number of hydrogen-bond donors (Lipinski definition) is 2. The van der Waals surface area contributed by atoms with Crippen LogP contribution in [-0.4, -0.2) is 62.2 Å². The van der Waals surface area contributed by atoms with E-state index in [-0.39, 0.29) is 11.8 Å². The Bertz CT molecular complexity index is 606. The number of rotatable bonds is 8. The summed E-state index contributed by atoms with van der Waals surface area (Å²) in [4.78, 5) is 28.4. The highest BCUT2D eigenvalue weighted by Gasteiger charge is 2.21. The van der Waals surface area contributed by atoms with Crippen molar-refractivity contribution in [2.75, 3.05) is 39.5 Å². The minimum atomic E-state index is -0.0490. The number of piperidine rings is 1. The molecule has 1 unspecified atom stereocenters. The highest BCUT2D eigenvalue weighted by molar-refractivity contribution is 8.00. The fourth-order valence-corrected chi connectivity index (χ4v) is 4.31. The summed E-state index contributed by atoms with van der Waals surface area (Å²) in [5, 5.41) is 3.04. The fourth-order valence-electron chi connectivity index (χ4n) is 3.29. The third-order valence-corrected chi connectivity index (χ3v) is 6.08. The summed E-state index contributed by atoms with van der Waals surface area (Å²) in [6.07, 6.45) is 4.99. The minimum absolute atomic E-state index is 0.0452. The maximum Gasteiger partial charge on any atom is 0.252 e. The van der Waals surface area contributed by atoms with Crippen molar-refractivity contribution in [3.63, 3.8) is 0 Å². The number of hydrogen-bond acceptors (Lipinski definition) is 3. The van der Waals surface area contributed by atoms with Crippen molar-refractivity contribution in [2.45, 2.75) is 43.5 Å². The Labute approximate surface area is 161 Å². The molecule has 0 saturated carbocycles. The number of amides is 2. The second kappa shape index (κ2) is 10.6. The van der Waals surface area contributed by atoms with Gasteiger partial charge in [-0.1, -0.05) is 12.1 Å². The van der Waals surface area contributed by atoms with E-state index in [0.717, 1.165) is 23.9 Å². The lowest BCUT2D eigenvalue weighted by Crippen LogP contribution is -3.16. The number of nitrogens with one attached hydrogen (secondary N) is 2. The Morgan fingerprint density at radius 2 is 2.04 bits per heavy atom. The van der Waals surface area contributed by atoms with Crippen LogP contribution in [0.3, 0.4) is 0 Å². The van der Waals surface area contributed by atoms with E-state index in [2.05, 4.69) is 12.2 Å². The molecule has 1 aromatic carbocycles. The lowest BCUT2D eigenvalue weighted by molar-refractivity contribution is -0.928. The molecule has 5 nitrogen and oxygen atoms in total. The van der Waals surface area contributed by atoms with Gasteiger partial charge in [-0.2, -0.15) is 0 Å². The lowest BCUT2D eigenvalue weighted by atomic mass is 10.0. The first-order chi connectivity index (χ1) is 12.5.